The van der Waals surface area contributed by atoms with Crippen molar-refractivity contribution in [2.75, 3.05) is 0 Å². The van der Waals surface area contributed by atoms with Gasteiger partial charge < -0.3 is 20.4 Å². The molecule has 35 heavy (non-hydrogen) atoms. The van der Waals surface area contributed by atoms with E-state index in [0.717, 1.165) is 0 Å². The molecule has 0 saturated carbocycles. The van der Waals surface area contributed by atoms with Crippen molar-refractivity contribution in [1.82, 2.24) is 19.9 Å². The Morgan fingerprint density at radius 3 is 0.771 bits per heavy atom. The number of hydrogen-bond donors (Lipinski definition) is 4. The second-order valence-corrected chi connectivity index (χ2v) is 10.1. The third-order valence-electron chi connectivity index (χ3n) is 2.61. The van der Waals surface area contributed by atoms with Gasteiger partial charge in [0.05, 0.1) is 22.0 Å². The van der Waals surface area contributed by atoms with Gasteiger partial charge in [-0.1, -0.05) is 0 Å². The Kier molecular flexibility index (Phi) is 18.5. The van der Waals surface area contributed by atoms with E-state index < -0.39 is 23.9 Å². The summed E-state index contributed by atoms with van der Waals surface area (Å²) in [5.41, 5.74) is 6.44. The van der Waals surface area contributed by atoms with Gasteiger partial charge >= 0.3 is 58.4 Å². The zero-order valence-corrected chi connectivity index (χ0v) is 23.0. The SMILES string of the molecule is O=C(O)c1cscn1.O=C(O)c1cscn1.O=C(O)c1cscn1.O=C(O)c1cscn1.[Cl][Rh][Cl]. The second-order valence-electron chi connectivity index (χ2n) is 4.76. The first-order chi connectivity index (χ1) is 16.6. The summed E-state index contributed by atoms with van der Waals surface area (Å²) in [6, 6.07) is 0. The Hall–Kier alpha value is -2.40. The molecule has 4 aromatic heterocycles. The van der Waals surface area contributed by atoms with E-state index in [9.17, 15) is 19.2 Å². The quantitative estimate of drug-likeness (QED) is 0.215. The molecule has 0 spiro atoms. The van der Waals surface area contributed by atoms with Gasteiger partial charge in [-0.2, -0.15) is 0 Å². The second kappa shape index (κ2) is 19.9. The molecule has 0 bridgehead atoms. The molecule has 0 aromatic carbocycles. The van der Waals surface area contributed by atoms with Crippen molar-refractivity contribution in [2.24, 2.45) is 0 Å². The van der Waals surface area contributed by atoms with Gasteiger partial charge in [0.15, 0.2) is 22.8 Å². The van der Waals surface area contributed by atoms with Crippen LogP contribution in [-0.4, -0.2) is 64.2 Å². The molecule has 191 valence electrons. The van der Waals surface area contributed by atoms with Crippen molar-refractivity contribution >= 4 is 88.6 Å². The van der Waals surface area contributed by atoms with Crippen molar-refractivity contribution in [1.29, 1.82) is 0 Å². The summed E-state index contributed by atoms with van der Waals surface area (Å²) in [5, 5.41) is 38.8. The summed E-state index contributed by atoms with van der Waals surface area (Å²) < 4.78 is 0. The van der Waals surface area contributed by atoms with Crippen LogP contribution in [0.25, 0.3) is 0 Å². The van der Waals surface area contributed by atoms with E-state index in [0.29, 0.717) is 0 Å². The predicted octanol–water partition coefficient (Wildman–Crippen LogP) is 4.74. The van der Waals surface area contributed by atoms with Crippen molar-refractivity contribution < 1.29 is 54.7 Å². The molecule has 0 aliphatic carbocycles. The van der Waals surface area contributed by atoms with E-state index in [1.807, 2.05) is 0 Å². The molecule has 0 aliphatic heterocycles. The van der Waals surface area contributed by atoms with Gasteiger partial charge in [-0.15, -0.1) is 45.3 Å². The average Bonchev–Trinajstić information content (AvgIpc) is 3.63. The summed E-state index contributed by atoms with van der Waals surface area (Å²) in [7, 11) is 9.67. The van der Waals surface area contributed by atoms with Gasteiger partial charge in [-0.05, 0) is 0 Å². The number of carbonyl (C=O) groups is 4. The molecule has 0 atom stereocenters. The Balaban J connectivity index is 0.000000424. The maximum absolute atomic E-state index is 10.0. The summed E-state index contributed by atoms with van der Waals surface area (Å²) in [6.45, 7) is 0. The molecule has 19 heteroatoms. The summed E-state index contributed by atoms with van der Waals surface area (Å²) in [4.78, 5) is 54.2. The number of rotatable bonds is 4. The van der Waals surface area contributed by atoms with Crippen LogP contribution in [0.15, 0.2) is 43.6 Å². The molecule has 4 aromatic rings. The Morgan fingerprint density at radius 2 is 0.714 bits per heavy atom. The molecule has 4 N–H and O–H groups in total. The molecular weight excluding hydrogens is 678 g/mol. The van der Waals surface area contributed by atoms with E-state index >= 15 is 0 Å². The number of hydrogen-bond acceptors (Lipinski definition) is 12. The fourth-order valence-electron chi connectivity index (χ4n) is 1.27. The van der Waals surface area contributed by atoms with Crippen LogP contribution in [0.3, 0.4) is 0 Å². The minimum absolute atomic E-state index is 0.120. The molecule has 0 saturated heterocycles. The number of thiazole rings is 4. The average molecular weight is 690 g/mol. The zero-order chi connectivity index (χ0) is 26.6. The number of aromatic nitrogens is 4. The Morgan fingerprint density at radius 1 is 0.543 bits per heavy atom. The van der Waals surface area contributed by atoms with E-state index in [1.165, 1.54) is 88.9 Å². The zero-order valence-electron chi connectivity index (χ0n) is 16.6. The van der Waals surface area contributed by atoms with Crippen molar-refractivity contribution in [3.8, 4) is 0 Å². The van der Waals surface area contributed by atoms with Gasteiger partial charge in [0.1, 0.15) is 0 Å². The minimum atomic E-state index is -0.966. The van der Waals surface area contributed by atoms with Gasteiger partial charge in [0.2, 0.25) is 0 Å². The van der Waals surface area contributed by atoms with E-state index in [1.54, 1.807) is 0 Å². The molecule has 0 fully saturated rings. The number of halogens is 2. The van der Waals surface area contributed by atoms with Gasteiger partial charge in [-0.3, -0.25) is 0 Å². The maximum atomic E-state index is 10.0. The number of aromatic carboxylic acids is 4. The van der Waals surface area contributed by atoms with E-state index in [2.05, 4.69) is 19.9 Å². The van der Waals surface area contributed by atoms with Gasteiger partial charge in [0.25, 0.3) is 0 Å². The normalized spacial score (nSPS) is 8.86. The van der Waals surface area contributed by atoms with Crippen molar-refractivity contribution in [3.05, 3.63) is 66.3 Å². The molecule has 0 unspecified atom stereocenters. The predicted molar refractivity (Wildman–Crippen MR) is 128 cm³/mol. The Labute approximate surface area is 228 Å². The molecule has 4 heterocycles. The number of nitrogens with zero attached hydrogens (tertiary/aromatic N) is 4. The van der Waals surface area contributed by atoms with Gasteiger partial charge in [0, 0.05) is 21.5 Å². The fraction of sp³-hybridized carbons (Fsp3) is 0. The number of carboxylic acid groups (broad SMARTS) is 4. The molecule has 0 radical (unpaired) electrons. The van der Waals surface area contributed by atoms with Crippen LogP contribution in [-0.2, 0) is 15.1 Å². The van der Waals surface area contributed by atoms with Crippen LogP contribution < -0.4 is 0 Å². The topological polar surface area (TPSA) is 201 Å². The molecule has 0 amide bonds. The monoisotopic (exact) mass is 689 g/mol. The molecular formula is C16H12Cl2N4O8RhS4. The van der Waals surface area contributed by atoms with Crippen molar-refractivity contribution in [3.63, 3.8) is 0 Å². The third-order valence-corrected chi connectivity index (χ3v) is 4.95. The molecule has 12 nitrogen and oxygen atoms in total. The first-order valence-electron chi connectivity index (χ1n) is 7.93. The van der Waals surface area contributed by atoms with Crippen LogP contribution in [0.1, 0.15) is 42.0 Å². The Bertz CT molecular complexity index is 938. The van der Waals surface area contributed by atoms with Crippen LogP contribution >= 0.6 is 64.7 Å². The third kappa shape index (κ3) is 16.0. The van der Waals surface area contributed by atoms with E-state index in [4.69, 9.17) is 39.8 Å². The summed E-state index contributed by atoms with van der Waals surface area (Å²) in [6.07, 6.45) is 0. The first kappa shape index (κ1) is 32.6. The van der Waals surface area contributed by atoms with E-state index in [-0.39, 0.29) is 37.9 Å². The summed E-state index contributed by atoms with van der Waals surface area (Å²) in [5.74, 6) is -3.87. The van der Waals surface area contributed by atoms with Crippen molar-refractivity contribution in [2.45, 2.75) is 0 Å². The molecule has 0 aliphatic rings. The van der Waals surface area contributed by atoms with Crippen LogP contribution in [0, 0.1) is 0 Å². The fourth-order valence-corrected chi connectivity index (χ4v) is 3.38. The van der Waals surface area contributed by atoms with Crippen LogP contribution in [0.5, 0.6) is 0 Å². The van der Waals surface area contributed by atoms with Crippen LogP contribution in [0.2, 0.25) is 0 Å². The first-order valence-corrected chi connectivity index (χ1v) is 15.9. The van der Waals surface area contributed by atoms with Crippen LogP contribution in [0.4, 0.5) is 0 Å². The standard InChI is InChI=1S/4C4H3NO2S.2ClH.Rh/c4*6-4(7)3-1-8-2-5-3;;;/h4*1-2H,(H,6,7);2*1H;/q;;;;;;+2/p-2. The summed E-state index contributed by atoms with van der Waals surface area (Å²) >= 11 is 4.88. The van der Waals surface area contributed by atoms with Gasteiger partial charge in [-0.25, -0.2) is 39.1 Å². The molecule has 4 rings (SSSR count). The number of carboxylic acids is 4.